The highest BCUT2D eigenvalue weighted by molar-refractivity contribution is 5.77. The monoisotopic (exact) mass is 348 g/mol. The number of carbonyl (C=O) groups excluding carboxylic acids is 1. The number of hydrogen-bond acceptors (Lipinski definition) is 6. The van der Waals surface area contributed by atoms with Gasteiger partial charge in [0, 0.05) is 6.07 Å². The van der Waals surface area contributed by atoms with Crippen molar-refractivity contribution in [2.24, 2.45) is 0 Å². The SMILES string of the molecule is COc1cccc(OC(C)C(=O)Oc2ccc(C=C(C#N)C#N)cc2)c1. The lowest BCUT2D eigenvalue weighted by Crippen LogP contribution is -2.28. The van der Waals surface area contributed by atoms with Gasteiger partial charge in [-0.25, -0.2) is 4.79 Å². The highest BCUT2D eigenvalue weighted by Gasteiger charge is 2.17. The van der Waals surface area contributed by atoms with E-state index in [-0.39, 0.29) is 5.57 Å². The molecule has 0 amide bonds. The molecule has 0 fully saturated rings. The molecule has 0 N–H and O–H groups in total. The third-order valence-electron chi connectivity index (χ3n) is 3.34. The smallest absolute Gasteiger partial charge is 0.352 e. The molecule has 0 saturated carbocycles. The fourth-order valence-electron chi connectivity index (χ4n) is 2.01. The zero-order valence-corrected chi connectivity index (χ0v) is 14.3. The number of esters is 1. The van der Waals surface area contributed by atoms with Gasteiger partial charge in [-0.15, -0.1) is 0 Å². The molecular formula is C20H16N2O4. The third kappa shape index (κ3) is 5.12. The summed E-state index contributed by atoms with van der Waals surface area (Å²) in [5, 5.41) is 17.5. The number of rotatable bonds is 6. The topological polar surface area (TPSA) is 92.3 Å². The van der Waals surface area contributed by atoms with Crippen LogP contribution in [0, 0.1) is 22.7 Å². The quantitative estimate of drug-likeness (QED) is 0.451. The van der Waals surface area contributed by atoms with E-state index >= 15 is 0 Å². The van der Waals surface area contributed by atoms with Crippen molar-refractivity contribution in [2.45, 2.75) is 13.0 Å². The molecule has 2 rings (SSSR count). The largest absolute Gasteiger partial charge is 0.497 e. The average molecular weight is 348 g/mol. The Balaban J connectivity index is 1.99. The number of allylic oxidation sites excluding steroid dienone is 1. The van der Waals surface area contributed by atoms with Crippen molar-refractivity contribution in [3.63, 3.8) is 0 Å². The second-order valence-electron chi connectivity index (χ2n) is 5.21. The first-order valence-corrected chi connectivity index (χ1v) is 7.70. The Morgan fingerprint density at radius 1 is 1.04 bits per heavy atom. The van der Waals surface area contributed by atoms with E-state index in [1.807, 2.05) is 0 Å². The van der Waals surface area contributed by atoms with Crippen molar-refractivity contribution in [2.75, 3.05) is 7.11 Å². The van der Waals surface area contributed by atoms with Gasteiger partial charge in [0.15, 0.2) is 6.10 Å². The van der Waals surface area contributed by atoms with Crippen LogP contribution in [0.2, 0.25) is 0 Å². The Morgan fingerprint density at radius 2 is 1.69 bits per heavy atom. The minimum atomic E-state index is -0.814. The molecule has 26 heavy (non-hydrogen) atoms. The molecule has 1 atom stereocenters. The van der Waals surface area contributed by atoms with Crippen molar-refractivity contribution in [1.82, 2.24) is 0 Å². The molecule has 130 valence electrons. The number of carbonyl (C=O) groups is 1. The van der Waals surface area contributed by atoms with E-state index in [1.54, 1.807) is 74.7 Å². The molecule has 0 aromatic heterocycles. The normalized spacial score (nSPS) is 10.6. The van der Waals surface area contributed by atoms with Crippen LogP contribution in [-0.4, -0.2) is 19.2 Å². The molecule has 0 aliphatic rings. The van der Waals surface area contributed by atoms with Crippen LogP contribution in [0.25, 0.3) is 6.08 Å². The summed E-state index contributed by atoms with van der Waals surface area (Å²) >= 11 is 0. The number of ether oxygens (including phenoxy) is 3. The lowest BCUT2D eigenvalue weighted by molar-refractivity contribution is -0.141. The van der Waals surface area contributed by atoms with Gasteiger partial charge in [-0.3, -0.25) is 0 Å². The van der Waals surface area contributed by atoms with Gasteiger partial charge < -0.3 is 14.2 Å². The maximum absolute atomic E-state index is 12.2. The van der Waals surface area contributed by atoms with Gasteiger partial charge in [-0.1, -0.05) is 18.2 Å². The van der Waals surface area contributed by atoms with Crippen molar-refractivity contribution in [3.8, 4) is 29.4 Å². The second kappa shape index (κ2) is 8.91. The Bertz CT molecular complexity index is 873. The van der Waals surface area contributed by atoms with Gasteiger partial charge in [-0.05, 0) is 42.8 Å². The summed E-state index contributed by atoms with van der Waals surface area (Å²) in [5.74, 6) is 0.908. The standard InChI is InChI=1S/C20H16N2O4/c1-14(25-19-5-3-4-18(11-19)24-2)20(23)26-17-8-6-15(7-9-17)10-16(12-21)13-22/h3-11,14H,1-2H3. The number of benzene rings is 2. The van der Waals surface area contributed by atoms with Crippen LogP contribution in [0.4, 0.5) is 0 Å². The summed E-state index contributed by atoms with van der Waals surface area (Å²) in [7, 11) is 1.55. The van der Waals surface area contributed by atoms with E-state index in [9.17, 15) is 4.79 Å². The molecule has 0 aliphatic carbocycles. The van der Waals surface area contributed by atoms with Crippen LogP contribution >= 0.6 is 0 Å². The van der Waals surface area contributed by atoms with Crippen LogP contribution in [0.1, 0.15) is 12.5 Å². The zero-order valence-electron chi connectivity index (χ0n) is 14.3. The molecule has 1 unspecified atom stereocenters. The molecule has 6 heteroatoms. The maximum Gasteiger partial charge on any atom is 0.352 e. The maximum atomic E-state index is 12.2. The minimum absolute atomic E-state index is 0.00458. The summed E-state index contributed by atoms with van der Waals surface area (Å²) in [6.07, 6.45) is 0.630. The van der Waals surface area contributed by atoms with Crippen LogP contribution < -0.4 is 14.2 Å². The number of hydrogen-bond donors (Lipinski definition) is 0. The van der Waals surface area contributed by atoms with Gasteiger partial charge in [0.2, 0.25) is 0 Å². The van der Waals surface area contributed by atoms with E-state index in [4.69, 9.17) is 24.7 Å². The summed E-state index contributed by atoms with van der Waals surface area (Å²) in [6, 6.07) is 16.9. The number of methoxy groups -OCH3 is 1. The first-order valence-electron chi connectivity index (χ1n) is 7.70. The molecule has 0 saturated heterocycles. The van der Waals surface area contributed by atoms with Crippen molar-refractivity contribution >= 4 is 12.0 Å². The van der Waals surface area contributed by atoms with E-state index < -0.39 is 12.1 Å². The van der Waals surface area contributed by atoms with Gasteiger partial charge >= 0.3 is 5.97 Å². The van der Waals surface area contributed by atoms with Crippen molar-refractivity contribution in [1.29, 1.82) is 10.5 Å². The molecule has 6 nitrogen and oxygen atoms in total. The molecular weight excluding hydrogens is 332 g/mol. The molecule has 2 aromatic carbocycles. The second-order valence-corrected chi connectivity index (χ2v) is 5.21. The Hall–Kier alpha value is -3.77. The van der Waals surface area contributed by atoms with Crippen molar-refractivity contribution in [3.05, 3.63) is 59.7 Å². The highest BCUT2D eigenvalue weighted by Crippen LogP contribution is 2.21. The Labute approximate surface area is 151 Å². The van der Waals surface area contributed by atoms with Crippen LogP contribution in [-0.2, 0) is 4.79 Å². The lowest BCUT2D eigenvalue weighted by Gasteiger charge is -2.14. The molecule has 0 bridgehead atoms. The first-order chi connectivity index (χ1) is 12.5. The lowest BCUT2D eigenvalue weighted by atomic mass is 10.1. The summed E-state index contributed by atoms with van der Waals surface area (Å²) < 4.78 is 15.9. The minimum Gasteiger partial charge on any atom is -0.497 e. The number of nitrogens with zero attached hydrogens (tertiary/aromatic N) is 2. The van der Waals surface area contributed by atoms with Crippen LogP contribution in [0.5, 0.6) is 17.2 Å². The summed E-state index contributed by atoms with van der Waals surface area (Å²) in [6.45, 7) is 1.59. The van der Waals surface area contributed by atoms with E-state index in [0.29, 0.717) is 22.8 Å². The van der Waals surface area contributed by atoms with Gasteiger partial charge in [0.1, 0.15) is 35.0 Å². The van der Waals surface area contributed by atoms with E-state index in [0.717, 1.165) is 0 Å². The van der Waals surface area contributed by atoms with Gasteiger partial charge in [-0.2, -0.15) is 10.5 Å². The average Bonchev–Trinajstić information content (AvgIpc) is 2.67. The zero-order chi connectivity index (χ0) is 18.9. The molecule has 0 aliphatic heterocycles. The Morgan fingerprint density at radius 3 is 2.31 bits per heavy atom. The predicted molar refractivity (Wildman–Crippen MR) is 94.4 cm³/mol. The fraction of sp³-hybridized carbons (Fsp3) is 0.150. The Kier molecular flexibility index (Phi) is 6.36. The van der Waals surface area contributed by atoms with Crippen LogP contribution in [0.3, 0.4) is 0 Å². The highest BCUT2D eigenvalue weighted by atomic mass is 16.6. The third-order valence-corrected chi connectivity index (χ3v) is 3.34. The van der Waals surface area contributed by atoms with E-state index in [1.165, 1.54) is 6.08 Å². The van der Waals surface area contributed by atoms with E-state index in [2.05, 4.69) is 0 Å². The predicted octanol–water partition coefficient (Wildman–Crippen LogP) is 3.50. The van der Waals surface area contributed by atoms with Crippen molar-refractivity contribution < 1.29 is 19.0 Å². The summed E-state index contributed by atoms with van der Waals surface area (Å²) in [4.78, 5) is 12.2. The summed E-state index contributed by atoms with van der Waals surface area (Å²) in [5.41, 5.74) is 0.652. The molecule has 0 heterocycles. The fourth-order valence-corrected chi connectivity index (χ4v) is 2.01. The van der Waals surface area contributed by atoms with Crippen LogP contribution in [0.15, 0.2) is 54.1 Å². The molecule has 2 aromatic rings. The first kappa shape index (κ1) is 18.6. The molecule has 0 spiro atoms. The number of nitriles is 2. The van der Waals surface area contributed by atoms with Gasteiger partial charge in [0.05, 0.1) is 7.11 Å². The van der Waals surface area contributed by atoms with Gasteiger partial charge in [0.25, 0.3) is 0 Å². The molecule has 0 radical (unpaired) electrons.